The van der Waals surface area contributed by atoms with Crippen molar-refractivity contribution < 1.29 is 9.47 Å². The Morgan fingerprint density at radius 3 is 2.30 bits per heavy atom. The lowest BCUT2D eigenvalue weighted by Crippen LogP contribution is -2.43. The Morgan fingerprint density at radius 2 is 1.80 bits per heavy atom. The Hall–Kier alpha value is -1.06. The predicted molar refractivity (Wildman–Crippen MR) is 82.2 cm³/mol. The van der Waals surface area contributed by atoms with Crippen LogP contribution in [0.4, 0.5) is 0 Å². The molecule has 0 saturated heterocycles. The molecule has 1 atom stereocenters. The molecule has 0 radical (unpaired) electrons. The van der Waals surface area contributed by atoms with Crippen LogP contribution in [-0.4, -0.2) is 25.9 Å². The van der Waals surface area contributed by atoms with Gasteiger partial charge in [0.1, 0.15) is 5.75 Å². The van der Waals surface area contributed by atoms with Gasteiger partial charge in [-0.1, -0.05) is 31.9 Å². The Bertz CT molecular complexity index is 396. The highest BCUT2D eigenvalue weighted by Gasteiger charge is 2.41. The molecule has 3 heteroatoms. The van der Waals surface area contributed by atoms with E-state index in [1.165, 1.54) is 18.4 Å². The Balaban J connectivity index is 2.23. The number of ether oxygens (including phenoxy) is 2. The second-order valence-corrected chi connectivity index (χ2v) is 5.47. The van der Waals surface area contributed by atoms with E-state index in [0.29, 0.717) is 6.61 Å². The van der Waals surface area contributed by atoms with Crippen LogP contribution >= 0.6 is 0 Å². The van der Waals surface area contributed by atoms with Crippen molar-refractivity contribution in [1.82, 2.24) is 5.32 Å². The molecule has 1 saturated carbocycles. The zero-order valence-corrected chi connectivity index (χ0v) is 12.9. The standard InChI is InChI=1S/C17H27NO2/c1-4-18-16(17(19-3)12-6-7-13-17)14-8-10-15(11-9-14)20-5-2/h8-11,16,18H,4-7,12-13H2,1-3H3. The van der Waals surface area contributed by atoms with Crippen molar-refractivity contribution in [3.63, 3.8) is 0 Å². The summed E-state index contributed by atoms with van der Waals surface area (Å²) in [6, 6.07) is 8.70. The Morgan fingerprint density at radius 1 is 1.15 bits per heavy atom. The molecule has 0 amide bonds. The molecule has 0 aliphatic heterocycles. The monoisotopic (exact) mass is 277 g/mol. The van der Waals surface area contributed by atoms with Crippen LogP contribution in [0.1, 0.15) is 51.1 Å². The molecule has 112 valence electrons. The fraction of sp³-hybridized carbons (Fsp3) is 0.647. The van der Waals surface area contributed by atoms with Gasteiger partial charge in [-0.15, -0.1) is 0 Å². The van der Waals surface area contributed by atoms with Gasteiger partial charge in [0.05, 0.1) is 18.2 Å². The second-order valence-electron chi connectivity index (χ2n) is 5.47. The maximum Gasteiger partial charge on any atom is 0.119 e. The lowest BCUT2D eigenvalue weighted by atomic mass is 9.86. The third kappa shape index (κ3) is 3.15. The molecule has 1 aromatic carbocycles. The van der Waals surface area contributed by atoms with E-state index in [2.05, 4.69) is 36.5 Å². The van der Waals surface area contributed by atoms with Crippen molar-refractivity contribution in [2.75, 3.05) is 20.3 Å². The highest BCUT2D eigenvalue weighted by atomic mass is 16.5. The molecule has 1 aliphatic rings. The second kappa shape index (κ2) is 7.09. The average molecular weight is 277 g/mol. The third-order valence-electron chi connectivity index (χ3n) is 4.32. The van der Waals surface area contributed by atoms with Crippen molar-refractivity contribution in [3.05, 3.63) is 29.8 Å². The lowest BCUT2D eigenvalue weighted by molar-refractivity contribution is -0.0364. The number of rotatable bonds is 7. The molecular formula is C17H27NO2. The van der Waals surface area contributed by atoms with Gasteiger partial charge in [-0.2, -0.15) is 0 Å². The van der Waals surface area contributed by atoms with E-state index < -0.39 is 0 Å². The van der Waals surface area contributed by atoms with E-state index in [0.717, 1.165) is 25.1 Å². The van der Waals surface area contributed by atoms with E-state index >= 15 is 0 Å². The first-order valence-corrected chi connectivity index (χ1v) is 7.77. The van der Waals surface area contributed by atoms with Gasteiger partial charge >= 0.3 is 0 Å². The zero-order valence-electron chi connectivity index (χ0n) is 12.9. The number of methoxy groups -OCH3 is 1. The molecule has 1 N–H and O–H groups in total. The third-order valence-corrected chi connectivity index (χ3v) is 4.32. The molecule has 2 rings (SSSR count). The summed E-state index contributed by atoms with van der Waals surface area (Å²) in [4.78, 5) is 0. The first kappa shape index (κ1) is 15.3. The number of hydrogen-bond acceptors (Lipinski definition) is 3. The predicted octanol–water partition coefficient (Wildman–Crippen LogP) is 3.70. The zero-order chi connectivity index (χ0) is 14.4. The molecule has 1 fully saturated rings. The van der Waals surface area contributed by atoms with E-state index in [1.54, 1.807) is 0 Å². The Labute approximate surface area is 122 Å². The van der Waals surface area contributed by atoms with Gasteiger partial charge in [0.15, 0.2) is 0 Å². The quantitative estimate of drug-likeness (QED) is 0.824. The van der Waals surface area contributed by atoms with Gasteiger partial charge in [-0.05, 0) is 44.0 Å². The van der Waals surface area contributed by atoms with Gasteiger partial charge in [0, 0.05) is 7.11 Å². The number of benzene rings is 1. The SMILES string of the molecule is CCNC(c1ccc(OCC)cc1)C1(OC)CCCC1. The molecule has 0 heterocycles. The van der Waals surface area contributed by atoms with E-state index in [4.69, 9.17) is 9.47 Å². The van der Waals surface area contributed by atoms with Crippen LogP contribution in [0.3, 0.4) is 0 Å². The number of hydrogen-bond donors (Lipinski definition) is 1. The minimum Gasteiger partial charge on any atom is -0.494 e. The molecule has 1 aliphatic carbocycles. The highest BCUT2D eigenvalue weighted by molar-refractivity contribution is 5.31. The molecule has 3 nitrogen and oxygen atoms in total. The van der Waals surface area contributed by atoms with Gasteiger partial charge in [0.25, 0.3) is 0 Å². The smallest absolute Gasteiger partial charge is 0.119 e. The van der Waals surface area contributed by atoms with Crippen molar-refractivity contribution in [2.45, 2.75) is 51.2 Å². The van der Waals surface area contributed by atoms with Crippen LogP contribution in [0, 0.1) is 0 Å². The van der Waals surface area contributed by atoms with E-state index in [-0.39, 0.29) is 11.6 Å². The highest BCUT2D eigenvalue weighted by Crippen LogP contribution is 2.42. The fourth-order valence-electron chi connectivity index (χ4n) is 3.32. The minimum atomic E-state index is -0.0524. The summed E-state index contributed by atoms with van der Waals surface area (Å²) in [7, 11) is 1.85. The topological polar surface area (TPSA) is 30.5 Å². The minimum absolute atomic E-state index is 0.0524. The summed E-state index contributed by atoms with van der Waals surface area (Å²) in [6.07, 6.45) is 4.78. The van der Waals surface area contributed by atoms with Crippen molar-refractivity contribution in [1.29, 1.82) is 0 Å². The number of nitrogens with one attached hydrogen (secondary N) is 1. The maximum atomic E-state index is 5.95. The van der Waals surface area contributed by atoms with Crippen molar-refractivity contribution >= 4 is 0 Å². The number of likely N-dealkylation sites (N-methyl/N-ethyl adjacent to an activating group) is 1. The Kier molecular flexibility index (Phi) is 5.44. The molecule has 20 heavy (non-hydrogen) atoms. The van der Waals surface area contributed by atoms with Crippen LogP contribution in [-0.2, 0) is 4.74 Å². The van der Waals surface area contributed by atoms with Crippen LogP contribution in [0.2, 0.25) is 0 Å². The summed E-state index contributed by atoms with van der Waals surface area (Å²) in [5, 5.41) is 3.62. The summed E-state index contributed by atoms with van der Waals surface area (Å²) in [5.41, 5.74) is 1.24. The summed E-state index contributed by atoms with van der Waals surface area (Å²) < 4.78 is 11.5. The molecule has 1 unspecified atom stereocenters. The summed E-state index contributed by atoms with van der Waals surface area (Å²) >= 11 is 0. The molecule has 0 bridgehead atoms. The van der Waals surface area contributed by atoms with Gasteiger partial charge in [0.2, 0.25) is 0 Å². The van der Waals surface area contributed by atoms with Crippen LogP contribution in [0.5, 0.6) is 5.75 Å². The van der Waals surface area contributed by atoms with Crippen molar-refractivity contribution in [3.8, 4) is 5.75 Å². The summed E-state index contributed by atoms with van der Waals surface area (Å²) in [5.74, 6) is 0.935. The first-order chi connectivity index (χ1) is 9.75. The van der Waals surface area contributed by atoms with Crippen LogP contribution in [0.25, 0.3) is 0 Å². The molecular weight excluding hydrogens is 250 g/mol. The molecule has 0 aromatic heterocycles. The van der Waals surface area contributed by atoms with Crippen molar-refractivity contribution in [2.24, 2.45) is 0 Å². The van der Waals surface area contributed by atoms with Gasteiger partial charge in [-0.3, -0.25) is 0 Å². The van der Waals surface area contributed by atoms with Crippen LogP contribution < -0.4 is 10.1 Å². The first-order valence-electron chi connectivity index (χ1n) is 7.77. The maximum absolute atomic E-state index is 5.95. The normalized spacial score (nSPS) is 18.9. The van der Waals surface area contributed by atoms with Crippen LogP contribution in [0.15, 0.2) is 24.3 Å². The lowest BCUT2D eigenvalue weighted by Gasteiger charge is -2.37. The van der Waals surface area contributed by atoms with Gasteiger partial charge < -0.3 is 14.8 Å². The van der Waals surface area contributed by atoms with E-state index in [9.17, 15) is 0 Å². The fourth-order valence-corrected chi connectivity index (χ4v) is 3.32. The molecule has 0 spiro atoms. The van der Waals surface area contributed by atoms with E-state index in [1.807, 2.05) is 14.0 Å². The average Bonchev–Trinajstić information content (AvgIpc) is 2.96. The van der Waals surface area contributed by atoms with Gasteiger partial charge in [-0.25, -0.2) is 0 Å². The largest absolute Gasteiger partial charge is 0.494 e. The summed E-state index contributed by atoms with van der Waals surface area (Å²) in [6.45, 7) is 5.81. The molecule has 1 aromatic rings.